The van der Waals surface area contributed by atoms with Gasteiger partial charge in [-0.15, -0.1) is 11.3 Å². The van der Waals surface area contributed by atoms with Gasteiger partial charge < -0.3 is 5.11 Å². The average Bonchev–Trinajstić information content (AvgIpc) is 2.59. The Labute approximate surface area is 117 Å². The zero-order chi connectivity index (χ0) is 14.8. The minimum atomic E-state index is -3.69. The Hall–Kier alpha value is -0.920. The van der Waals surface area contributed by atoms with Crippen molar-refractivity contribution in [1.29, 1.82) is 0 Å². The van der Waals surface area contributed by atoms with Crippen molar-refractivity contribution in [3.05, 3.63) is 15.8 Å². The van der Waals surface area contributed by atoms with Gasteiger partial charge in [0.05, 0.1) is 4.90 Å². The lowest BCUT2D eigenvalue weighted by Crippen LogP contribution is -2.43. The number of hydrogen-bond acceptors (Lipinski definition) is 4. The van der Waals surface area contributed by atoms with Gasteiger partial charge in [0.25, 0.3) is 0 Å². The first-order valence-electron chi connectivity index (χ1n) is 5.97. The van der Waals surface area contributed by atoms with Gasteiger partial charge in [-0.3, -0.25) is 0 Å². The molecular formula is C12H19NO4S2. The number of thiophene rings is 1. The van der Waals surface area contributed by atoms with Crippen molar-refractivity contribution in [2.75, 3.05) is 0 Å². The lowest BCUT2D eigenvalue weighted by molar-refractivity contribution is 0.0702. The third-order valence-corrected chi connectivity index (χ3v) is 5.65. The highest BCUT2D eigenvalue weighted by Gasteiger charge is 2.28. The summed E-state index contributed by atoms with van der Waals surface area (Å²) in [6.07, 6.45) is 1.57. The molecule has 0 unspecified atom stereocenters. The van der Waals surface area contributed by atoms with Crippen LogP contribution in [0.25, 0.3) is 0 Å². The van der Waals surface area contributed by atoms with E-state index < -0.39 is 21.5 Å². The molecule has 0 aliphatic rings. The predicted octanol–water partition coefficient (Wildman–Crippen LogP) is 2.61. The van der Waals surface area contributed by atoms with E-state index in [9.17, 15) is 13.2 Å². The van der Waals surface area contributed by atoms with Crippen LogP contribution in [0.2, 0.25) is 0 Å². The summed E-state index contributed by atoms with van der Waals surface area (Å²) >= 11 is 0.970. The number of sulfonamides is 1. The van der Waals surface area contributed by atoms with Crippen LogP contribution in [0.4, 0.5) is 0 Å². The van der Waals surface area contributed by atoms with Gasteiger partial charge in [-0.2, -0.15) is 0 Å². The van der Waals surface area contributed by atoms with Crippen LogP contribution in [0.5, 0.6) is 0 Å². The second-order valence-electron chi connectivity index (χ2n) is 5.08. The molecule has 0 spiro atoms. The molecule has 0 saturated carbocycles. The summed E-state index contributed by atoms with van der Waals surface area (Å²) in [5.41, 5.74) is -0.550. The largest absolute Gasteiger partial charge is 0.477 e. The van der Waals surface area contributed by atoms with Gasteiger partial charge in [-0.05, 0) is 33.3 Å². The van der Waals surface area contributed by atoms with E-state index in [4.69, 9.17) is 5.11 Å². The fraction of sp³-hybridized carbons (Fsp3) is 0.583. The second kappa shape index (κ2) is 5.60. The standard InChI is InChI=1S/C12H19NO4S2/c1-5-6-12(3,4)13-19(16,17)10-7-9(11(14)15)18-8(10)2/h7,13H,5-6H2,1-4H3,(H,14,15). The van der Waals surface area contributed by atoms with Crippen LogP contribution in [0.1, 0.15) is 48.2 Å². The fourth-order valence-electron chi connectivity index (χ4n) is 1.93. The van der Waals surface area contributed by atoms with E-state index in [0.29, 0.717) is 11.3 Å². The van der Waals surface area contributed by atoms with Crippen LogP contribution in [0, 0.1) is 6.92 Å². The zero-order valence-corrected chi connectivity index (χ0v) is 13.1. The Morgan fingerprint density at radius 3 is 2.47 bits per heavy atom. The lowest BCUT2D eigenvalue weighted by Gasteiger charge is -2.25. The number of nitrogens with one attached hydrogen (secondary N) is 1. The monoisotopic (exact) mass is 305 g/mol. The molecule has 1 aromatic rings. The Bertz CT molecular complexity index is 573. The van der Waals surface area contributed by atoms with Crippen molar-refractivity contribution in [3.8, 4) is 0 Å². The molecule has 0 amide bonds. The first kappa shape index (κ1) is 16.1. The molecule has 0 saturated heterocycles. The highest BCUT2D eigenvalue weighted by molar-refractivity contribution is 7.89. The van der Waals surface area contributed by atoms with Crippen molar-refractivity contribution >= 4 is 27.3 Å². The van der Waals surface area contributed by atoms with Crippen LogP contribution in [-0.2, 0) is 10.0 Å². The molecule has 7 heteroatoms. The van der Waals surface area contributed by atoms with E-state index in [2.05, 4.69) is 4.72 Å². The minimum absolute atomic E-state index is 0.0335. The van der Waals surface area contributed by atoms with Crippen molar-refractivity contribution in [2.45, 2.75) is 51.0 Å². The zero-order valence-electron chi connectivity index (χ0n) is 11.5. The third kappa shape index (κ3) is 4.02. The lowest BCUT2D eigenvalue weighted by atomic mass is 10.0. The van der Waals surface area contributed by atoms with Crippen LogP contribution < -0.4 is 4.72 Å². The fourth-order valence-corrected chi connectivity index (χ4v) is 4.81. The van der Waals surface area contributed by atoms with Crippen LogP contribution in [0.15, 0.2) is 11.0 Å². The molecule has 1 rings (SSSR count). The number of carboxylic acid groups (broad SMARTS) is 1. The number of carbonyl (C=O) groups is 1. The summed E-state index contributed by atoms with van der Waals surface area (Å²) < 4.78 is 27.2. The SMILES string of the molecule is CCCC(C)(C)NS(=O)(=O)c1cc(C(=O)O)sc1C. The molecule has 0 fully saturated rings. The molecular weight excluding hydrogens is 286 g/mol. The summed E-state index contributed by atoms with van der Waals surface area (Å²) in [7, 11) is -3.69. The van der Waals surface area contributed by atoms with Gasteiger partial charge in [-0.1, -0.05) is 13.3 Å². The van der Waals surface area contributed by atoms with Gasteiger partial charge in [0.1, 0.15) is 4.88 Å². The molecule has 0 aliphatic heterocycles. The summed E-state index contributed by atoms with van der Waals surface area (Å²) in [6, 6.07) is 1.21. The molecule has 0 radical (unpaired) electrons. The van der Waals surface area contributed by atoms with Crippen molar-refractivity contribution in [3.63, 3.8) is 0 Å². The molecule has 5 nitrogen and oxygen atoms in total. The molecule has 0 atom stereocenters. The van der Waals surface area contributed by atoms with E-state index in [1.165, 1.54) is 6.07 Å². The maximum atomic E-state index is 12.3. The Kier molecular flexibility index (Phi) is 4.76. The summed E-state index contributed by atoms with van der Waals surface area (Å²) in [5.74, 6) is -1.11. The van der Waals surface area contributed by atoms with Crippen molar-refractivity contribution in [2.24, 2.45) is 0 Å². The Morgan fingerprint density at radius 2 is 2.05 bits per heavy atom. The first-order valence-corrected chi connectivity index (χ1v) is 8.27. The number of aromatic carboxylic acids is 1. The number of carboxylic acids is 1. The molecule has 0 aromatic carbocycles. The molecule has 0 bridgehead atoms. The van der Waals surface area contributed by atoms with E-state index in [-0.39, 0.29) is 9.77 Å². The second-order valence-corrected chi connectivity index (χ2v) is 7.98. The quantitative estimate of drug-likeness (QED) is 0.846. The minimum Gasteiger partial charge on any atom is -0.477 e. The average molecular weight is 305 g/mol. The number of aryl methyl sites for hydroxylation is 1. The first-order chi connectivity index (χ1) is 8.59. The van der Waals surface area contributed by atoms with Crippen LogP contribution in [0.3, 0.4) is 0 Å². The normalized spacial score (nSPS) is 12.6. The number of hydrogen-bond donors (Lipinski definition) is 2. The van der Waals surface area contributed by atoms with Gasteiger partial charge in [0.15, 0.2) is 0 Å². The highest BCUT2D eigenvalue weighted by Crippen LogP contribution is 2.27. The topological polar surface area (TPSA) is 83.5 Å². The summed E-state index contributed by atoms with van der Waals surface area (Å²) in [4.78, 5) is 11.4. The highest BCUT2D eigenvalue weighted by atomic mass is 32.2. The van der Waals surface area contributed by atoms with E-state index in [1.807, 2.05) is 20.8 Å². The molecule has 0 aliphatic carbocycles. The Morgan fingerprint density at radius 1 is 1.47 bits per heavy atom. The maximum Gasteiger partial charge on any atom is 0.345 e. The van der Waals surface area contributed by atoms with Crippen LogP contribution >= 0.6 is 11.3 Å². The smallest absolute Gasteiger partial charge is 0.345 e. The molecule has 2 N–H and O–H groups in total. The van der Waals surface area contributed by atoms with E-state index >= 15 is 0 Å². The molecule has 19 heavy (non-hydrogen) atoms. The van der Waals surface area contributed by atoms with Crippen LogP contribution in [-0.4, -0.2) is 25.0 Å². The van der Waals surface area contributed by atoms with E-state index in [1.54, 1.807) is 6.92 Å². The molecule has 108 valence electrons. The van der Waals surface area contributed by atoms with Gasteiger partial charge in [-0.25, -0.2) is 17.9 Å². The number of rotatable bonds is 6. The van der Waals surface area contributed by atoms with Crippen molar-refractivity contribution in [1.82, 2.24) is 4.72 Å². The third-order valence-electron chi connectivity index (χ3n) is 2.66. The van der Waals surface area contributed by atoms with Gasteiger partial charge >= 0.3 is 5.97 Å². The molecule has 1 heterocycles. The van der Waals surface area contributed by atoms with E-state index in [0.717, 1.165) is 17.8 Å². The van der Waals surface area contributed by atoms with Crippen molar-refractivity contribution < 1.29 is 18.3 Å². The maximum absolute atomic E-state index is 12.3. The summed E-state index contributed by atoms with van der Waals surface area (Å²) in [5, 5.41) is 8.90. The molecule has 1 aromatic heterocycles. The van der Waals surface area contributed by atoms with Gasteiger partial charge in [0.2, 0.25) is 10.0 Å². The predicted molar refractivity (Wildman–Crippen MR) is 75.3 cm³/mol. The Balaban J connectivity index is 3.11. The summed E-state index contributed by atoms with van der Waals surface area (Å²) in [6.45, 7) is 7.22. The van der Waals surface area contributed by atoms with Gasteiger partial charge in [0, 0.05) is 10.4 Å².